The van der Waals surface area contributed by atoms with Gasteiger partial charge >= 0.3 is 0 Å². The van der Waals surface area contributed by atoms with Gasteiger partial charge in [-0.1, -0.05) is 59.1 Å². The molecule has 7 heteroatoms. The topological polar surface area (TPSA) is 76.9 Å². The molecule has 3 rings (SSSR count). The Hall–Kier alpha value is -2.68. The fourth-order valence-electron chi connectivity index (χ4n) is 2.54. The van der Waals surface area contributed by atoms with Crippen LogP contribution in [0.5, 0.6) is 5.88 Å². The van der Waals surface area contributed by atoms with Crippen molar-refractivity contribution in [2.24, 2.45) is 0 Å². The molecule has 2 N–H and O–H groups in total. The molecule has 0 spiro atoms. The molecule has 0 atom stereocenters. The first-order valence-corrected chi connectivity index (χ1v) is 8.62. The van der Waals surface area contributed by atoms with E-state index >= 15 is 0 Å². The lowest BCUT2D eigenvalue weighted by Crippen LogP contribution is -2.06. The third kappa shape index (κ3) is 3.93. The van der Waals surface area contributed by atoms with Gasteiger partial charge in [0.1, 0.15) is 18.5 Å². The Morgan fingerprint density at radius 3 is 2.65 bits per heavy atom. The normalized spacial score (nSPS) is 10.5. The number of rotatable bonds is 5. The number of hydrogen-bond acceptors (Lipinski definition) is 4. The molecule has 2 aromatic carbocycles. The van der Waals surface area contributed by atoms with Gasteiger partial charge in [0.25, 0.3) is 5.88 Å². The summed E-state index contributed by atoms with van der Waals surface area (Å²) in [5, 5.41) is 14.7. The van der Waals surface area contributed by atoms with Crippen molar-refractivity contribution in [3.63, 3.8) is 0 Å². The van der Waals surface area contributed by atoms with Crippen LogP contribution in [0.25, 0.3) is 0 Å². The minimum Gasteiger partial charge on any atom is -0.471 e. The van der Waals surface area contributed by atoms with Crippen LogP contribution in [0.3, 0.4) is 0 Å². The van der Waals surface area contributed by atoms with Crippen LogP contribution in [-0.4, -0.2) is 9.78 Å². The smallest absolute Gasteiger partial charge is 0.253 e. The molecule has 5 nitrogen and oxygen atoms in total. The van der Waals surface area contributed by atoms with Crippen molar-refractivity contribution in [3.05, 3.63) is 74.8 Å². The van der Waals surface area contributed by atoms with Crippen molar-refractivity contribution in [2.75, 3.05) is 5.73 Å². The van der Waals surface area contributed by atoms with Crippen LogP contribution in [0.4, 0.5) is 5.82 Å². The first kappa shape index (κ1) is 18.1. The van der Waals surface area contributed by atoms with Gasteiger partial charge in [0, 0.05) is 0 Å². The number of aromatic nitrogens is 2. The first-order chi connectivity index (χ1) is 12.5. The lowest BCUT2D eigenvalue weighted by molar-refractivity contribution is 0.289. The van der Waals surface area contributed by atoms with Crippen LogP contribution in [0.2, 0.25) is 10.0 Å². The molecule has 1 aromatic heterocycles. The van der Waals surface area contributed by atoms with E-state index in [1.54, 1.807) is 12.1 Å². The van der Waals surface area contributed by atoms with Crippen molar-refractivity contribution < 1.29 is 4.74 Å². The lowest BCUT2D eigenvalue weighted by Gasteiger charge is -2.06. The van der Waals surface area contributed by atoms with Gasteiger partial charge in [0.15, 0.2) is 5.56 Å². The largest absolute Gasteiger partial charge is 0.471 e. The zero-order valence-corrected chi connectivity index (χ0v) is 15.6. The van der Waals surface area contributed by atoms with Gasteiger partial charge < -0.3 is 10.5 Å². The minimum absolute atomic E-state index is 0.214. The predicted octanol–water partition coefficient (Wildman–Crippen LogP) is 4.58. The van der Waals surface area contributed by atoms with Crippen molar-refractivity contribution in [2.45, 2.75) is 20.1 Å². The Morgan fingerprint density at radius 1 is 1.15 bits per heavy atom. The Labute approximate surface area is 161 Å². The summed E-state index contributed by atoms with van der Waals surface area (Å²) in [6, 6.07) is 15.3. The SMILES string of the molecule is Cc1cccc(COc2nn(Cc3ccc(Cl)c(Cl)c3)c(N)c2C#N)c1. The summed E-state index contributed by atoms with van der Waals surface area (Å²) >= 11 is 12.0. The van der Waals surface area contributed by atoms with E-state index in [0.717, 1.165) is 16.7 Å². The Bertz CT molecular complexity index is 992. The highest BCUT2D eigenvalue weighted by atomic mass is 35.5. The maximum atomic E-state index is 9.40. The molecule has 0 saturated carbocycles. The number of nitriles is 1. The summed E-state index contributed by atoms with van der Waals surface area (Å²) in [5.74, 6) is 0.462. The summed E-state index contributed by atoms with van der Waals surface area (Å²) < 4.78 is 7.25. The molecule has 26 heavy (non-hydrogen) atoms. The van der Waals surface area contributed by atoms with E-state index in [0.29, 0.717) is 23.2 Å². The van der Waals surface area contributed by atoms with Crippen LogP contribution in [0.1, 0.15) is 22.3 Å². The van der Waals surface area contributed by atoms with E-state index < -0.39 is 0 Å². The van der Waals surface area contributed by atoms with E-state index in [1.807, 2.05) is 37.3 Å². The number of anilines is 1. The fourth-order valence-corrected chi connectivity index (χ4v) is 2.86. The number of benzene rings is 2. The van der Waals surface area contributed by atoms with Crippen LogP contribution >= 0.6 is 23.2 Å². The van der Waals surface area contributed by atoms with Crippen LogP contribution in [-0.2, 0) is 13.2 Å². The van der Waals surface area contributed by atoms with Gasteiger partial charge in [0.2, 0.25) is 0 Å². The minimum atomic E-state index is 0.214. The number of ether oxygens (including phenoxy) is 1. The number of hydrogen-bond donors (Lipinski definition) is 1. The monoisotopic (exact) mass is 386 g/mol. The summed E-state index contributed by atoms with van der Waals surface area (Å²) in [6.07, 6.45) is 0. The van der Waals surface area contributed by atoms with E-state index in [1.165, 1.54) is 4.68 Å². The Morgan fingerprint density at radius 2 is 1.96 bits per heavy atom. The van der Waals surface area contributed by atoms with Crippen molar-refractivity contribution in [1.82, 2.24) is 9.78 Å². The highest BCUT2D eigenvalue weighted by molar-refractivity contribution is 6.42. The summed E-state index contributed by atoms with van der Waals surface area (Å²) in [5.41, 5.74) is 9.27. The third-order valence-electron chi connectivity index (χ3n) is 3.85. The van der Waals surface area contributed by atoms with Crippen LogP contribution in [0, 0.1) is 18.3 Å². The zero-order valence-electron chi connectivity index (χ0n) is 14.0. The molecular weight excluding hydrogens is 371 g/mol. The maximum Gasteiger partial charge on any atom is 0.253 e. The zero-order chi connectivity index (χ0) is 18.7. The number of halogens is 2. The molecule has 0 saturated heterocycles. The van der Waals surface area contributed by atoms with Crippen molar-refractivity contribution in [1.29, 1.82) is 5.26 Å². The average Bonchev–Trinajstić information content (AvgIpc) is 2.91. The molecular formula is C19H16Cl2N4O. The van der Waals surface area contributed by atoms with Gasteiger partial charge in [-0.25, -0.2) is 4.68 Å². The number of nitrogens with two attached hydrogens (primary N) is 1. The molecule has 3 aromatic rings. The molecule has 0 aliphatic rings. The summed E-state index contributed by atoms with van der Waals surface area (Å²) in [6.45, 7) is 2.67. The van der Waals surface area contributed by atoms with Gasteiger partial charge in [-0.2, -0.15) is 5.26 Å². The highest BCUT2D eigenvalue weighted by Crippen LogP contribution is 2.27. The molecule has 0 unspecified atom stereocenters. The molecule has 1 heterocycles. The molecule has 0 fully saturated rings. The van der Waals surface area contributed by atoms with Gasteiger partial charge in [-0.15, -0.1) is 5.10 Å². The Kier molecular flexibility index (Phi) is 5.36. The van der Waals surface area contributed by atoms with Crippen molar-refractivity contribution >= 4 is 29.0 Å². The van der Waals surface area contributed by atoms with Gasteiger partial charge in [0.05, 0.1) is 16.6 Å². The number of nitrogens with zero attached hydrogens (tertiary/aromatic N) is 3. The van der Waals surface area contributed by atoms with E-state index in [-0.39, 0.29) is 17.3 Å². The van der Waals surface area contributed by atoms with Crippen LogP contribution in [0.15, 0.2) is 42.5 Å². The Balaban J connectivity index is 1.82. The second kappa shape index (κ2) is 7.69. The van der Waals surface area contributed by atoms with Crippen LogP contribution < -0.4 is 10.5 Å². The highest BCUT2D eigenvalue weighted by Gasteiger charge is 2.17. The quantitative estimate of drug-likeness (QED) is 0.695. The van der Waals surface area contributed by atoms with E-state index in [9.17, 15) is 5.26 Å². The third-order valence-corrected chi connectivity index (χ3v) is 4.58. The number of nitrogen functional groups attached to an aromatic ring is 1. The first-order valence-electron chi connectivity index (χ1n) is 7.86. The lowest BCUT2D eigenvalue weighted by atomic mass is 10.1. The molecule has 0 radical (unpaired) electrons. The van der Waals surface area contributed by atoms with Gasteiger partial charge in [-0.05, 0) is 30.2 Å². The molecule has 0 aliphatic heterocycles. The van der Waals surface area contributed by atoms with E-state index in [2.05, 4.69) is 11.2 Å². The predicted molar refractivity (Wildman–Crippen MR) is 102 cm³/mol. The summed E-state index contributed by atoms with van der Waals surface area (Å²) in [4.78, 5) is 0. The number of aryl methyl sites for hydroxylation is 1. The fraction of sp³-hybridized carbons (Fsp3) is 0.158. The summed E-state index contributed by atoms with van der Waals surface area (Å²) in [7, 11) is 0. The molecule has 132 valence electrons. The molecule has 0 amide bonds. The van der Waals surface area contributed by atoms with Crippen molar-refractivity contribution in [3.8, 4) is 11.9 Å². The second-order valence-electron chi connectivity index (χ2n) is 5.86. The molecule has 0 aliphatic carbocycles. The van der Waals surface area contributed by atoms with Gasteiger partial charge in [-0.3, -0.25) is 0 Å². The average molecular weight is 387 g/mol. The molecule has 0 bridgehead atoms. The second-order valence-corrected chi connectivity index (χ2v) is 6.68. The van der Waals surface area contributed by atoms with E-state index in [4.69, 9.17) is 33.7 Å². The standard InChI is InChI=1S/C19H16Cl2N4O/c1-12-3-2-4-14(7-12)11-26-19-15(9-22)18(23)25(24-19)10-13-5-6-16(20)17(21)8-13/h2-8H,10-11,23H2,1H3. The maximum absolute atomic E-state index is 9.40.